The quantitative estimate of drug-likeness (QED) is 0.0841. The van der Waals surface area contributed by atoms with E-state index < -0.39 is 33.4 Å². The van der Waals surface area contributed by atoms with E-state index in [-0.39, 0.29) is 40.7 Å². The Balaban J connectivity index is 1.84. The van der Waals surface area contributed by atoms with Crippen molar-refractivity contribution in [2.45, 2.75) is 50.6 Å². The van der Waals surface area contributed by atoms with Crippen molar-refractivity contribution in [3.63, 3.8) is 0 Å². The highest BCUT2D eigenvalue weighted by Crippen LogP contribution is 2.30. The first-order valence-electron chi connectivity index (χ1n) is 16.1. The van der Waals surface area contributed by atoms with Crippen molar-refractivity contribution in [3.05, 3.63) is 124 Å². The summed E-state index contributed by atoms with van der Waals surface area (Å²) in [7, 11) is -1.57. The number of unbranched alkanes of at least 4 members (excludes halogenated alkanes) is 1. The van der Waals surface area contributed by atoms with Crippen LogP contribution in [0.2, 0.25) is 0 Å². The Labute approximate surface area is 292 Å². The van der Waals surface area contributed by atoms with E-state index in [1.165, 1.54) is 50.3 Å². The van der Waals surface area contributed by atoms with Gasteiger partial charge in [-0.05, 0) is 66.9 Å². The van der Waals surface area contributed by atoms with Crippen LogP contribution in [-0.4, -0.2) is 63.4 Å². The first-order valence-corrected chi connectivity index (χ1v) is 17.6. The second kappa shape index (κ2) is 17.3. The summed E-state index contributed by atoms with van der Waals surface area (Å²) in [5.41, 5.74) is 1.49. The van der Waals surface area contributed by atoms with Crippen molar-refractivity contribution in [3.8, 4) is 11.5 Å². The number of hydrogen-bond donors (Lipinski definition) is 1. The summed E-state index contributed by atoms with van der Waals surface area (Å²) in [6.45, 7) is 3.16. The topological polar surface area (TPSA) is 148 Å². The van der Waals surface area contributed by atoms with Gasteiger partial charge in [0.1, 0.15) is 24.1 Å². The van der Waals surface area contributed by atoms with Crippen LogP contribution in [-0.2, 0) is 32.6 Å². The molecule has 13 heteroatoms. The third-order valence-electron chi connectivity index (χ3n) is 8.19. The van der Waals surface area contributed by atoms with Crippen LogP contribution in [0.25, 0.3) is 0 Å². The molecule has 2 amide bonds. The average molecular weight is 703 g/mol. The zero-order valence-electron chi connectivity index (χ0n) is 28.6. The summed E-state index contributed by atoms with van der Waals surface area (Å²) in [6.07, 6.45) is 1.75. The molecule has 0 aliphatic rings. The van der Waals surface area contributed by atoms with Gasteiger partial charge in [-0.2, -0.15) is 0 Å². The number of aryl methyl sites for hydroxylation is 1. The van der Waals surface area contributed by atoms with Gasteiger partial charge >= 0.3 is 0 Å². The number of nitrogens with one attached hydrogen (secondary N) is 1. The summed E-state index contributed by atoms with van der Waals surface area (Å²) in [5, 5.41) is 14.7. The van der Waals surface area contributed by atoms with E-state index in [1.807, 2.05) is 37.3 Å². The van der Waals surface area contributed by atoms with Crippen molar-refractivity contribution in [1.82, 2.24) is 10.2 Å². The molecule has 0 aromatic heterocycles. The highest BCUT2D eigenvalue weighted by atomic mass is 32.2. The number of hydrogen-bond acceptors (Lipinski definition) is 8. The molecule has 0 aliphatic heterocycles. The minimum absolute atomic E-state index is 0.0404. The minimum atomic E-state index is -4.56. The highest BCUT2D eigenvalue weighted by molar-refractivity contribution is 7.92. The molecule has 12 nitrogen and oxygen atoms in total. The average Bonchev–Trinajstić information content (AvgIpc) is 3.12. The Kier molecular flexibility index (Phi) is 12.9. The van der Waals surface area contributed by atoms with Crippen LogP contribution in [0.15, 0.2) is 102 Å². The van der Waals surface area contributed by atoms with E-state index in [9.17, 15) is 28.1 Å². The highest BCUT2D eigenvalue weighted by Gasteiger charge is 2.35. The second-order valence-electron chi connectivity index (χ2n) is 11.6. The molecule has 4 aromatic rings. The predicted octanol–water partition coefficient (Wildman–Crippen LogP) is 5.67. The fourth-order valence-corrected chi connectivity index (χ4v) is 6.81. The van der Waals surface area contributed by atoms with Crippen molar-refractivity contribution in [1.29, 1.82) is 0 Å². The molecule has 0 fully saturated rings. The normalized spacial score (nSPS) is 11.7. The van der Waals surface area contributed by atoms with Crippen molar-refractivity contribution in [2.24, 2.45) is 0 Å². The number of nitro groups is 1. The van der Waals surface area contributed by atoms with Gasteiger partial charge in [0, 0.05) is 31.1 Å². The van der Waals surface area contributed by atoms with Gasteiger partial charge in [-0.25, -0.2) is 8.42 Å². The molecule has 1 atom stereocenters. The van der Waals surface area contributed by atoms with Crippen LogP contribution in [0.1, 0.15) is 36.5 Å². The summed E-state index contributed by atoms with van der Waals surface area (Å²) in [5.74, 6) is -0.0491. The van der Waals surface area contributed by atoms with Crippen molar-refractivity contribution >= 4 is 33.2 Å². The third kappa shape index (κ3) is 9.38. The molecular weight excluding hydrogens is 660 g/mol. The largest absolute Gasteiger partial charge is 0.497 e. The van der Waals surface area contributed by atoms with Crippen LogP contribution < -0.4 is 19.1 Å². The molecule has 0 unspecified atom stereocenters. The van der Waals surface area contributed by atoms with Crippen molar-refractivity contribution in [2.75, 3.05) is 31.6 Å². The number of carbonyl (C=O) groups is 2. The molecule has 0 heterocycles. The number of amides is 2. The predicted molar refractivity (Wildman–Crippen MR) is 191 cm³/mol. The maximum atomic E-state index is 14.7. The van der Waals surface area contributed by atoms with Gasteiger partial charge in [-0.15, -0.1) is 0 Å². The zero-order valence-corrected chi connectivity index (χ0v) is 29.4. The molecule has 0 bridgehead atoms. The fourth-order valence-electron chi connectivity index (χ4n) is 5.38. The van der Waals surface area contributed by atoms with Gasteiger partial charge in [0.2, 0.25) is 11.8 Å². The third-order valence-corrected chi connectivity index (χ3v) is 9.96. The number of benzene rings is 4. The SMILES string of the molecule is CCCCNC(=O)[C@@H](Cc1ccccc1)N(Cc1cccc(OC)c1)C(=O)CN(c1ccc(OC)cc1)S(=O)(=O)c1ccc(C)c([N+](=O)[O-])c1. The van der Waals surface area contributed by atoms with Crippen LogP contribution in [0.5, 0.6) is 11.5 Å². The molecule has 1 N–H and O–H groups in total. The molecule has 4 aromatic carbocycles. The number of sulfonamides is 1. The van der Waals surface area contributed by atoms with Gasteiger partial charge in [0.15, 0.2) is 0 Å². The number of rotatable bonds is 17. The molecule has 50 heavy (non-hydrogen) atoms. The lowest BCUT2D eigenvalue weighted by molar-refractivity contribution is -0.385. The molecule has 0 radical (unpaired) electrons. The lowest BCUT2D eigenvalue weighted by atomic mass is 10.0. The smallest absolute Gasteiger partial charge is 0.273 e. The van der Waals surface area contributed by atoms with E-state index in [0.717, 1.165) is 28.8 Å². The first kappa shape index (κ1) is 37.4. The summed E-state index contributed by atoms with van der Waals surface area (Å²) in [6, 6.07) is 25.0. The maximum absolute atomic E-state index is 14.7. The number of ether oxygens (including phenoxy) is 2. The zero-order chi connectivity index (χ0) is 36.3. The van der Waals surface area contributed by atoms with E-state index in [2.05, 4.69) is 5.32 Å². The van der Waals surface area contributed by atoms with E-state index >= 15 is 0 Å². The Morgan fingerprint density at radius 2 is 1.56 bits per heavy atom. The van der Waals surface area contributed by atoms with Crippen LogP contribution in [0.4, 0.5) is 11.4 Å². The van der Waals surface area contributed by atoms with Gasteiger partial charge in [-0.1, -0.05) is 61.9 Å². The Bertz CT molecular complexity index is 1890. The molecule has 0 saturated carbocycles. The molecule has 0 spiro atoms. The minimum Gasteiger partial charge on any atom is -0.497 e. The number of carbonyl (C=O) groups excluding carboxylic acids is 2. The van der Waals surface area contributed by atoms with E-state index in [4.69, 9.17) is 9.47 Å². The van der Waals surface area contributed by atoms with E-state index in [0.29, 0.717) is 23.6 Å². The summed E-state index contributed by atoms with van der Waals surface area (Å²) < 4.78 is 40.3. The lowest BCUT2D eigenvalue weighted by Crippen LogP contribution is -2.53. The molecular formula is C37H42N4O8S. The van der Waals surface area contributed by atoms with Gasteiger partial charge in [-0.3, -0.25) is 24.0 Å². The van der Waals surface area contributed by atoms with Crippen LogP contribution >= 0.6 is 0 Å². The fraction of sp³-hybridized carbons (Fsp3) is 0.297. The second-order valence-corrected chi connectivity index (χ2v) is 13.5. The molecule has 0 saturated heterocycles. The summed E-state index contributed by atoms with van der Waals surface area (Å²) in [4.78, 5) is 40.7. The van der Waals surface area contributed by atoms with Crippen LogP contribution in [0.3, 0.4) is 0 Å². The number of nitro benzene ring substituents is 1. The Hall–Kier alpha value is -5.43. The molecule has 4 rings (SSSR count). The molecule has 0 aliphatic carbocycles. The Morgan fingerprint density at radius 1 is 0.880 bits per heavy atom. The lowest BCUT2D eigenvalue weighted by Gasteiger charge is -2.34. The number of nitrogens with zero attached hydrogens (tertiary/aromatic N) is 3. The first-order chi connectivity index (χ1) is 24.0. The van der Waals surface area contributed by atoms with Gasteiger partial charge in [0.05, 0.1) is 29.7 Å². The van der Waals surface area contributed by atoms with Crippen molar-refractivity contribution < 1.29 is 32.4 Å². The Morgan fingerprint density at radius 3 is 2.20 bits per heavy atom. The van der Waals surface area contributed by atoms with E-state index in [1.54, 1.807) is 36.4 Å². The number of methoxy groups -OCH3 is 2. The van der Waals surface area contributed by atoms with Crippen LogP contribution in [0, 0.1) is 17.0 Å². The number of anilines is 1. The maximum Gasteiger partial charge on any atom is 0.273 e. The molecule has 264 valence electrons. The monoisotopic (exact) mass is 702 g/mol. The standard InChI is InChI=1S/C37H42N4O8S/c1-5-6-21-38-37(43)35(23-28-11-8-7-9-12-28)39(25-29-13-10-14-32(22-29)49-4)36(42)26-40(30-16-18-31(48-3)19-17-30)50(46,47)33-20-15-27(2)34(24-33)41(44)45/h7-20,22,24,35H,5-6,21,23,25-26H2,1-4H3,(H,38,43)/t35-/m1/s1. The summed E-state index contributed by atoms with van der Waals surface area (Å²) >= 11 is 0. The van der Waals surface area contributed by atoms with Gasteiger partial charge in [0.25, 0.3) is 15.7 Å². The van der Waals surface area contributed by atoms with Gasteiger partial charge < -0.3 is 19.7 Å².